The maximum Gasteiger partial charge on any atom is 0.416 e. The Morgan fingerprint density at radius 3 is 2.67 bits per heavy atom. The largest absolute Gasteiger partial charge is 0.416 e. The van der Waals surface area contributed by atoms with Gasteiger partial charge in [0, 0.05) is 30.6 Å². The molecule has 2 atom stereocenters. The van der Waals surface area contributed by atoms with Crippen molar-refractivity contribution in [2.45, 2.75) is 64.1 Å². The van der Waals surface area contributed by atoms with Gasteiger partial charge in [-0.15, -0.1) is 0 Å². The number of fused-ring (bicyclic) bond motifs is 1. The lowest BCUT2D eigenvalue weighted by molar-refractivity contribution is -0.165. The number of halogens is 4. The molecule has 2 aromatic rings. The standard InChI is InChI=1S/C24H29ClF3N5O3/c1-13(2)36-23(5-7-35-12-23)21(34)33-6-4-19-18(11-33)20(32-22(25)31-19)30-14(3)15-8-16(24(26,27)28)10-17(29)9-15/h8-10,13-14H,4-7,11-12,29H2,1-3H3,(H,30,31,32)/t14-,23?/m1/s1. The molecule has 1 fully saturated rings. The van der Waals surface area contributed by atoms with E-state index in [0.29, 0.717) is 48.6 Å². The number of benzene rings is 1. The number of nitrogens with one attached hydrogen (secondary N) is 1. The van der Waals surface area contributed by atoms with Crippen LogP contribution in [0.4, 0.5) is 24.7 Å². The average molecular weight is 528 g/mol. The second-order valence-electron chi connectivity index (χ2n) is 9.46. The fourth-order valence-electron chi connectivity index (χ4n) is 4.65. The number of hydrogen-bond donors (Lipinski definition) is 2. The van der Waals surface area contributed by atoms with Crippen LogP contribution in [0.5, 0.6) is 0 Å². The van der Waals surface area contributed by atoms with Gasteiger partial charge in [0.25, 0.3) is 5.91 Å². The Labute approximate surface area is 212 Å². The molecule has 0 bridgehead atoms. The Balaban J connectivity index is 1.61. The van der Waals surface area contributed by atoms with Crippen LogP contribution >= 0.6 is 11.6 Å². The number of anilines is 2. The van der Waals surface area contributed by atoms with Gasteiger partial charge in [0.1, 0.15) is 5.82 Å². The lowest BCUT2D eigenvalue weighted by Crippen LogP contribution is -2.53. The van der Waals surface area contributed by atoms with Crippen LogP contribution in [-0.2, 0) is 33.4 Å². The molecular formula is C24H29ClF3N5O3. The van der Waals surface area contributed by atoms with E-state index < -0.39 is 23.4 Å². The number of ether oxygens (including phenoxy) is 2. The van der Waals surface area contributed by atoms with Crippen molar-refractivity contribution in [3.05, 3.63) is 45.9 Å². The summed E-state index contributed by atoms with van der Waals surface area (Å²) in [5, 5.41) is 3.16. The molecule has 1 amide bonds. The zero-order valence-corrected chi connectivity index (χ0v) is 21.0. The second-order valence-corrected chi connectivity index (χ2v) is 9.80. The van der Waals surface area contributed by atoms with Crippen LogP contribution in [0.25, 0.3) is 0 Å². The van der Waals surface area contributed by atoms with Gasteiger partial charge in [-0.25, -0.2) is 9.97 Å². The fourth-order valence-corrected chi connectivity index (χ4v) is 4.84. The van der Waals surface area contributed by atoms with Gasteiger partial charge in [-0.3, -0.25) is 4.79 Å². The first-order valence-corrected chi connectivity index (χ1v) is 12.1. The van der Waals surface area contributed by atoms with Crippen molar-refractivity contribution in [3.8, 4) is 0 Å². The first kappa shape index (κ1) is 26.4. The summed E-state index contributed by atoms with van der Waals surface area (Å²) in [4.78, 5) is 23.9. The van der Waals surface area contributed by atoms with E-state index in [0.717, 1.165) is 12.1 Å². The average Bonchev–Trinajstić information content (AvgIpc) is 3.26. The molecule has 196 valence electrons. The number of hydrogen-bond acceptors (Lipinski definition) is 7. The number of nitrogens with zero attached hydrogens (tertiary/aromatic N) is 3. The van der Waals surface area contributed by atoms with Crippen molar-refractivity contribution in [2.24, 2.45) is 0 Å². The molecule has 0 spiro atoms. The molecular weight excluding hydrogens is 499 g/mol. The van der Waals surface area contributed by atoms with E-state index in [9.17, 15) is 18.0 Å². The molecule has 1 aromatic carbocycles. The van der Waals surface area contributed by atoms with Crippen LogP contribution < -0.4 is 11.1 Å². The van der Waals surface area contributed by atoms with Gasteiger partial charge >= 0.3 is 6.18 Å². The quantitative estimate of drug-likeness (QED) is 0.424. The van der Waals surface area contributed by atoms with Crippen LogP contribution in [0.1, 0.15) is 55.6 Å². The van der Waals surface area contributed by atoms with E-state index >= 15 is 0 Å². The number of amides is 1. The zero-order chi connectivity index (χ0) is 26.3. The third-order valence-corrected chi connectivity index (χ3v) is 6.48. The van der Waals surface area contributed by atoms with Crippen molar-refractivity contribution >= 4 is 29.0 Å². The van der Waals surface area contributed by atoms with E-state index in [1.807, 2.05) is 13.8 Å². The van der Waals surface area contributed by atoms with Gasteiger partial charge in [-0.2, -0.15) is 13.2 Å². The number of alkyl halides is 3. The van der Waals surface area contributed by atoms with Crippen LogP contribution in [0.2, 0.25) is 5.28 Å². The number of aromatic nitrogens is 2. The first-order valence-electron chi connectivity index (χ1n) is 11.7. The topological polar surface area (TPSA) is 103 Å². The maximum absolute atomic E-state index is 13.6. The third kappa shape index (κ3) is 5.52. The Morgan fingerprint density at radius 2 is 2.03 bits per heavy atom. The van der Waals surface area contributed by atoms with Crippen LogP contribution in [0.3, 0.4) is 0 Å². The van der Waals surface area contributed by atoms with Gasteiger partial charge in [0.05, 0.1) is 43.2 Å². The second kappa shape index (κ2) is 10.0. The summed E-state index contributed by atoms with van der Waals surface area (Å²) in [7, 11) is 0. The minimum atomic E-state index is -4.53. The number of carbonyl (C=O) groups excluding carboxylic acids is 1. The van der Waals surface area contributed by atoms with Gasteiger partial charge in [0.15, 0.2) is 5.60 Å². The SMILES string of the molecule is CC(C)OC1(C(=O)N2CCc3nc(Cl)nc(N[C@H](C)c4cc(N)cc(C(F)(F)F)c4)c3C2)CCOC1. The van der Waals surface area contributed by atoms with E-state index in [1.165, 1.54) is 6.07 Å². The summed E-state index contributed by atoms with van der Waals surface area (Å²) in [5.41, 5.74) is 5.53. The van der Waals surface area contributed by atoms with E-state index in [4.69, 9.17) is 26.8 Å². The minimum absolute atomic E-state index is 0.00206. The summed E-state index contributed by atoms with van der Waals surface area (Å²) >= 11 is 6.16. The molecule has 0 radical (unpaired) electrons. The highest BCUT2D eigenvalue weighted by atomic mass is 35.5. The summed E-state index contributed by atoms with van der Waals surface area (Å²) in [5.74, 6) is 0.187. The molecule has 0 aliphatic carbocycles. The first-order chi connectivity index (χ1) is 16.9. The molecule has 2 aliphatic heterocycles. The Morgan fingerprint density at radius 1 is 1.28 bits per heavy atom. The summed E-state index contributed by atoms with van der Waals surface area (Å²) in [6.07, 6.45) is -3.78. The highest BCUT2D eigenvalue weighted by Crippen LogP contribution is 2.35. The Bertz CT molecular complexity index is 1140. The molecule has 3 N–H and O–H groups in total. The lowest BCUT2D eigenvalue weighted by Gasteiger charge is -2.37. The van der Waals surface area contributed by atoms with Gasteiger partial charge in [0.2, 0.25) is 5.28 Å². The zero-order valence-electron chi connectivity index (χ0n) is 20.3. The number of carbonyl (C=O) groups is 1. The molecule has 1 unspecified atom stereocenters. The Hall–Kier alpha value is -2.63. The highest BCUT2D eigenvalue weighted by Gasteiger charge is 2.47. The summed E-state index contributed by atoms with van der Waals surface area (Å²) in [6, 6.07) is 2.83. The van der Waals surface area contributed by atoms with Crippen molar-refractivity contribution in [2.75, 3.05) is 30.8 Å². The normalized spacial score (nSPS) is 20.9. The molecule has 3 heterocycles. The highest BCUT2D eigenvalue weighted by molar-refractivity contribution is 6.28. The molecule has 0 saturated carbocycles. The van der Waals surface area contributed by atoms with Gasteiger partial charge in [-0.1, -0.05) is 0 Å². The number of rotatable bonds is 6. The fraction of sp³-hybridized carbons (Fsp3) is 0.542. The van der Waals surface area contributed by atoms with Crippen molar-refractivity contribution < 1.29 is 27.4 Å². The number of nitrogen functional groups attached to an aromatic ring is 1. The predicted molar refractivity (Wildman–Crippen MR) is 128 cm³/mol. The van der Waals surface area contributed by atoms with Crippen molar-refractivity contribution in [1.82, 2.24) is 14.9 Å². The maximum atomic E-state index is 13.6. The van der Waals surface area contributed by atoms with Crippen LogP contribution in [0.15, 0.2) is 18.2 Å². The number of nitrogens with two attached hydrogens (primary N) is 1. The monoisotopic (exact) mass is 527 g/mol. The van der Waals surface area contributed by atoms with Gasteiger partial charge in [-0.05, 0) is 56.1 Å². The minimum Gasteiger partial charge on any atom is -0.399 e. The molecule has 1 saturated heterocycles. The summed E-state index contributed by atoms with van der Waals surface area (Å²) in [6.45, 7) is 6.69. The van der Waals surface area contributed by atoms with E-state index in [2.05, 4.69) is 15.3 Å². The van der Waals surface area contributed by atoms with Crippen LogP contribution in [0, 0.1) is 0 Å². The van der Waals surface area contributed by atoms with E-state index in [-0.39, 0.29) is 36.1 Å². The molecule has 36 heavy (non-hydrogen) atoms. The predicted octanol–water partition coefficient (Wildman–Crippen LogP) is 4.37. The molecule has 1 aromatic heterocycles. The molecule has 2 aliphatic rings. The van der Waals surface area contributed by atoms with E-state index in [1.54, 1.807) is 11.8 Å². The third-order valence-electron chi connectivity index (χ3n) is 6.31. The Kier molecular flexibility index (Phi) is 7.36. The molecule has 12 heteroatoms. The summed E-state index contributed by atoms with van der Waals surface area (Å²) < 4.78 is 51.5. The van der Waals surface area contributed by atoms with Crippen LogP contribution in [-0.4, -0.2) is 52.2 Å². The lowest BCUT2D eigenvalue weighted by atomic mass is 9.97. The molecule has 4 rings (SSSR count). The van der Waals surface area contributed by atoms with Gasteiger partial charge < -0.3 is 25.4 Å². The van der Waals surface area contributed by atoms with Crippen molar-refractivity contribution in [3.63, 3.8) is 0 Å². The smallest absolute Gasteiger partial charge is 0.399 e. The molecule has 8 nitrogen and oxygen atoms in total. The van der Waals surface area contributed by atoms with Crippen molar-refractivity contribution in [1.29, 1.82) is 0 Å².